The lowest BCUT2D eigenvalue weighted by Gasteiger charge is -2.14. The first-order valence-electron chi connectivity index (χ1n) is 17.1. The van der Waals surface area contributed by atoms with Crippen LogP contribution < -0.4 is 15.4 Å². The number of carbonyl (C=O) groups excluding carboxylic acids is 2. The Labute approximate surface area is 297 Å². The van der Waals surface area contributed by atoms with Crippen molar-refractivity contribution < 1.29 is 14.3 Å². The number of benzene rings is 2. The third kappa shape index (κ3) is 21.2. The average Bonchev–Trinajstić information content (AvgIpc) is 3.10. The summed E-state index contributed by atoms with van der Waals surface area (Å²) in [7, 11) is 3.41. The van der Waals surface area contributed by atoms with E-state index in [2.05, 4.69) is 90.5 Å². The number of allylic oxidation sites excluding steroid dienone is 12. The summed E-state index contributed by atoms with van der Waals surface area (Å²) < 4.78 is 5.90. The van der Waals surface area contributed by atoms with Crippen LogP contribution in [0.5, 0.6) is 11.5 Å². The molecule has 2 N–H and O–H groups in total. The molecule has 258 valence electrons. The molecule has 0 saturated carbocycles. The number of nitrogens with one attached hydrogen (secondary N) is 2. The van der Waals surface area contributed by atoms with Crippen LogP contribution in [0.1, 0.15) is 76.7 Å². The number of rotatable bonds is 25. The van der Waals surface area contributed by atoms with Crippen molar-refractivity contribution in [2.45, 2.75) is 71.1 Å². The zero-order valence-corrected chi connectivity index (χ0v) is 30.4. The molecule has 0 radical (unpaired) electrons. The van der Waals surface area contributed by atoms with Gasteiger partial charge in [-0.2, -0.15) is 0 Å². The minimum atomic E-state index is -0.273. The van der Waals surface area contributed by atoms with Crippen molar-refractivity contribution >= 4 is 33.4 Å². The third-order valence-electron chi connectivity index (χ3n) is 6.94. The molecule has 2 amide bonds. The number of amides is 2. The Morgan fingerprint density at radius 2 is 1.19 bits per heavy atom. The molecule has 0 heterocycles. The smallest absolute Gasteiger partial charge is 0.227 e. The zero-order valence-electron chi connectivity index (χ0n) is 28.7. The van der Waals surface area contributed by atoms with E-state index < -0.39 is 0 Å². The number of ether oxygens (including phenoxy) is 1. The van der Waals surface area contributed by atoms with Crippen LogP contribution in [0.2, 0.25) is 0 Å². The second kappa shape index (κ2) is 28.3. The molecular formula is C41H54N2O3S2. The standard InChI is InChI=1S/C41H54N2O3S2/c1-3-4-5-6-7-8-9-10-11-12-13-14-15-16-17-18-19-20-24-30-40(44)42-31-33-47-48-34-32-43-41(45)36(2)37-26-25-29-39(35-37)46-38-27-22-21-23-28-38/h4-5,7-8,10-11,13-14,16-17,19-23,25-29,35-36H,3,6,9,12,15,18,24,30-34H2,1-2H3,(H,42,44)(H,43,45). The highest BCUT2D eigenvalue weighted by atomic mass is 33.1. The molecule has 0 aromatic heterocycles. The fourth-order valence-electron chi connectivity index (χ4n) is 4.28. The number of hydrogen-bond donors (Lipinski definition) is 2. The summed E-state index contributed by atoms with van der Waals surface area (Å²) in [5.41, 5.74) is 0.916. The summed E-state index contributed by atoms with van der Waals surface area (Å²) in [6, 6.07) is 17.3. The van der Waals surface area contributed by atoms with Crippen molar-refractivity contribution in [2.75, 3.05) is 24.6 Å². The molecule has 1 unspecified atom stereocenters. The minimum Gasteiger partial charge on any atom is -0.457 e. The van der Waals surface area contributed by atoms with Crippen molar-refractivity contribution in [2.24, 2.45) is 0 Å². The van der Waals surface area contributed by atoms with E-state index in [1.54, 1.807) is 21.6 Å². The molecule has 0 aliphatic carbocycles. The number of hydrogen-bond acceptors (Lipinski definition) is 5. The maximum Gasteiger partial charge on any atom is 0.227 e. The lowest BCUT2D eigenvalue weighted by Crippen LogP contribution is -2.29. The molecule has 0 fully saturated rings. The quantitative estimate of drug-likeness (QED) is 0.0618. The molecular weight excluding hydrogens is 633 g/mol. The van der Waals surface area contributed by atoms with Crippen LogP contribution in [0.3, 0.4) is 0 Å². The van der Waals surface area contributed by atoms with E-state index in [1.165, 1.54) is 0 Å². The normalized spacial score (nSPS) is 12.7. The molecule has 2 aromatic rings. The van der Waals surface area contributed by atoms with Gasteiger partial charge in [0.2, 0.25) is 11.8 Å². The van der Waals surface area contributed by atoms with Gasteiger partial charge in [-0.25, -0.2) is 0 Å². The van der Waals surface area contributed by atoms with Gasteiger partial charge in [-0.3, -0.25) is 9.59 Å². The summed E-state index contributed by atoms with van der Waals surface area (Å²) in [5, 5.41) is 6.01. The predicted octanol–water partition coefficient (Wildman–Crippen LogP) is 10.7. The van der Waals surface area contributed by atoms with Gasteiger partial charge in [0.25, 0.3) is 0 Å². The molecule has 0 aliphatic rings. The summed E-state index contributed by atoms with van der Waals surface area (Å²) in [6.07, 6.45) is 33.4. The summed E-state index contributed by atoms with van der Waals surface area (Å²) in [6.45, 7) is 5.30. The Morgan fingerprint density at radius 1 is 0.667 bits per heavy atom. The maximum absolute atomic E-state index is 12.7. The van der Waals surface area contributed by atoms with Gasteiger partial charge in [-0.15, -0.1) is 0 Å². The van der Waals surface area contributed by atoms with Crippen LogP contribution in [-0.4, -0.2) is 36.4 Å². The van der Waals surface area contributed by atoms with Gasteiger partial charge in [-0.1, -0.05) is 132 Å². The molecule has 0 bridgehead atoms. The highest BCUT2D eigenvalue weighted by molar-refractivity contribution is 8.76. The fourth-order valence-corrected chi connectivity index (χ4v) is 6.10. The first-order valence-corrected chi connectivity index (χ1v) is 19.6. The molecule has 0 aliphatic heterocycles. The van der Waals surface area contributed by atoms with E-state index in [0.29, 0.717) is 25.3 Å². The summed E-state index contributed by atoms with van der Waals surface area (Å²) >= 11 is 0. The fraction of sp³-hybridized carbons (Fsp3) is 0.366. The van der Waals surface area contributed by atoms with Crippen molar-refractivity contribution in [1.82, 2.24) is 10.6 Å². The average molecular weight is 687 g/mol. The largest absolute Gasteiger partial charge is 0.457 e. The Bertz CT molecular complexity index is 1330. The first-order chi connectivity index (χ1) is 23.6. The van der Waals surface area contributed by atoms with Gasteiger partial charge in [-0.05, 0) is 81.7 Å². The van der Waals surface area contributed by atoms with Crippen molar-refractivity contribution in [3.05, 3.63) is 133 Å². The van der Waals surface area contributed by atoms with E-state index >= 15 is 0 Å². The SMILES string of the molecule is CCC=CCC=CCC=CCC=CCC=CCC=CCCC(=O)NCCSSCCNC(=O)C(C)c1cccc(Oc2ccccc2)c1. The molecule has 0 saturated heterocycles. The highest BCUT2D eigenvalue weighted by Crippen LogP contribution is 2.25. The van der Waals surface area contributed by atoms with Gasteiger partial charge >= 0.3 is 0 Å². The highest BCUT2D eigenvalue weighted by Gasteiger charge is 2.15. The van der Waals surface area contributed by atoms with Crippen LogP contribution in [0.4, 0.5) is 0 Å². The van der Waals surface area contributed by atoms with Crippen molar-refractivity contribution in [3.63, 3.8) is 0 Å². The topological polar surface area (TPSA) is 67.4 Å². The van der Waals surface area contributed by atoms with Gasteiger partial charge < -0.3 is 15.4 Å². The van der Waals surface area contributed by atoms with E-state index in [1.807, 2.05) is 61.5 Å². The summed E-state index contributed by atoms with van der Waals surface area (Å²) in [4.78, 5) is 24.7. The molecule has 7 heteroatoms. The Morgan fingerprint density at radius 3 is 1.77 bits per heavy atom. The predicted molar refractivity (Wildman–Crippen MR) is 210 cm³/mol. The molecule has 1 atom stereocenters. The second-order valence-corrected chi connectivity index (χ2v) is 13.7. The Kier molecular flexibility index (Phi) is 23.9. The van der Waals surface area contributed by atoms with Crippen molar-refractivity contribution in [3.8, 4) is 11.5 Å². The second-order valence-electron chi connectivity index (χ2n) is 10.9. The molecule has 5 nitrogen and oxygen atoms in total. The van der Waals surface area contributed by atoms with Gasteiger partial charge in [0.05, 0.1) is 5.92 Å². The van der Waals surface area contributed by atoms with E-state index in [0.717, 1.165) is 67.8 Å². The molecule has 2 rings (SSSR count). The monoisotopic (exact) mass is 686 g/mol. The van der Waals surface area contributed by atoms with Crippen LogP contribution in [-0.2, 0) is 9.59 Å². The zero-order chi connectivity index (χ0) is 34.3. The van der Waals surface area contributed by atoms with E-state index in [-0.39, 0.29) is 17.7 Å². The first kappa shape index (κ1) is 40.5. The van der Waals surface area contributed by atoms with Crippen LogP contribution in [0, 0.1) is 0 Å². The number of para-hydroxylation sites is 1. The third-order valence-corrected chi connectivity index (χ3v) is 9.35. The molecule has 48 heavy (non-hydrogen) atoms. The van der Waals surface area contributed by atoms with Gasteiger partial charge in [0, 0.05) is 31.0 Å². The lowest BCUT2D eigenvalue weighted by atomic mass is 10.0. The minimum absolute atomic E-state index is 0.00312. The maximum atomic E-state index is 12.7. The van der Waals surface area contributed by atoms with E-state index in [9.17, 15) is 9.59 Å². The van der Waals surface area contributed by atoms with Gasteiger partial charge in [0.15, 0.2) is 0 Å². The molecule has 0 spiro atoms. The van der Waals surface area contributed by atoms with Crippen LogP contribution in [0.25, 0.3) is 0 Å². The lowest BCUT2D eigenvalue weighted by molar-refractivity contribution is -0.122. The Balaban J connectivity index is 1.41. The van der Waals surface area contributed by atoms with Crippen LogP contribution >= 0.6 is 21.6 Å². The Hall–Kier alpha value is -3.68. The van der Waals surface area contributed by atoms with Gasteiger partial charge in [0.1, 0.15) is 11.5 Å². The van der Waals surface area contributed by atoms with Crippen LogP contribution in [0.15, 0.2) is 128 Å². The van der Waals surface area contributed by atoms with Crippen molar-refractivity contribution in [1.29, 1.82) is 0 Å². The summed E-state index contributed by atoms with van der Waals surface area (Å²) in [5.74, 6) is 2.92. The molecule has 2 aromatic carbocycles. The number of carbonyl (C=O) groups is 2. The van der Waals surface area contributed by atoms with E-state index in [4.69, 9.17) is 4.74 Å².